The van der Waals surface area contributed by atoms with E-state index in [1.807, 2.05) is 0 Å². The lowest BCUT2D eigenvalue weighted by Gasteiger charge is -2.10. The molecule has 0 aromatic carbocycles. The van der Waals surface area contributed by atoms with Crippen molar-refractivity contribution in [3.63, 3.8) is 0 Å². The largest absolute Gasteiger partial charge is 0.344 e. The monoisotopic (exact) mass is 495 g/mol. The number of unbranched alkanes of at least 4 members (excludes halogenated alkanes) is 20. The Labute approximate surface area is 206 Å². The van der Waals surface area contributed by atoms with E-state index in [0.717, 1.165) is 25.7 Å². The molecule has 0 aliphatic rings. The third-order valence-electron chi connectivity index (χ3n) is 6.34. The Morgan fingerprint density at radius 1 is 0.545 bits per heavy atom. The lowest BCUT2D eigenvalue weighted by molar-refractivity contribution is 0.270. The summed E-state index contributed by atoms with van der Waals surface area (Å²) < 4.78 is 42.8. The van der Waals surface area contributed by atoms with Gasteiger partial charge in [0.25, 0.3) is 10.1 Å². The maximum absolute atomic E-state index is 14.0. The van der Waals surface area contributed by atoms with E-state index in [9.17, 15) is 12.8 Å². The number of alkyl halides is 1. The second-order valence-electron chi connectivity index (χ2n) is 9.58. The number of rotatable bonds is 26. The summed E-state index contributed by atoms with van der Waals surface area (Å²) in [6.45, 7) is 4.58. The first kappa shape index (κ1) is 35.0. The standard InChI is InChI=1S/C27H55FO3S.H3N/c1-3-5-7-9-11-13-14-15-16-17-18-20-22-24-26-31-32(29,30)27(28)25-23-21-19-12-10-8-6-4-2;/h27H,3-26H2,1-2H3;1H3. The lowest BCUT2D eigenvalue weighted by atomic mass is 10.0. The molecule has 0 aliphatic heterocycles. The van der Waals surface area contributed by atoms with Gasteiger partial charge in [0, 0.05) is 0 Å². The van der Waals surface area contributed by atoms with Gasteiger partial charge in [-0.05, 0) is 19.3 Å². The van der Waals surface area contributed by atoms with Crippen LogP contribution >= 0.6 is 0 Å². The van der Waals surface area contributed by atoms with E-state index in [0.29, 0.717) is 12.8 Å². The maximum atomic E-state index is 14.0. The van der Waals surface area contributed by atoms with Crippen LogP contribution in [0, 0.1) is 0 Å². The molecule has 0 rings (SSSR count). The van der Waals surface area contributed by atoms with Gasteiger partial charge in [0.1, 0.15) is 0 Å². The van der Waals surface area contributed by atoms with Crippen molar-refractivity contribution in [2.24, 2.45) is 0 Å². The van der Waals surface area contributed by atoms with Gasteiger partial charge in [-0.1, -0.05) is 142 Å². The summed E-state index contributed by atoms with van der Waals surface area (Å²) in [6.07, 6.45) is 26.3. The molecule has 0 saturated carbocycles. The molecular formula is C27H58FNO3S. The van der Waals surface area contributed by atoms with Crippen LogP contribution in [0.5, 0.6) is 0 Å². The molecule has 3 N–H and O–H groups in total. The zero-order chi connectivity index (χ0) is 23.8. The Balaban J connectivity index is 0. The van der Waals surface area contributed by atoms with Crippen LogP contribution < -0.4 is 6.15 Å². The van der Waals surface area contributed by atoms with Gasteiger partial charge >= 0.3 is 0 Å². The molecular weight excluding hydrogens is 437 g/mol. The second-order valence-corrected chi connectivity index (χ2v) is 11.3. The Morgan fingerprint density at radius 3 is 1.21 bits per heavy atom. The third kappa shape index (κ3) is 24.7. The highest BCUT2D eigenvalue weighted by molar-refractivity contribution is 7.87. The van der Waals surface area contributed by atoms with Gasteiger partial charge in [-0.3, -0.25) is 4.18 Å². The molecule has 0 aromatic rings. The molecule has 0 radical (unpaired) electrons. The molecule has 0 bridgehead atoms. The fourth-order valence-corrected chi connectivity index (χ4v) is 5.08. The minimum absolute atomic E-state index is 0. The van der Waals surface area contributed by atoms with Crippen LogP contribution in [0.2, 0.25) is 0 Å². The van der Waals surface area contributed by atoms with Gasteiger partial charge in [0.15, 0.2) is 0 Å². The molecule has 6 heteroatoms. The van der Waals surface area contributed by atoms with Gasteiger partial charge in [0.2, 0.25) is 5.50 Å². The third-order valence-corrected chi connectivity index (χ3v) is 7.70. The second kappa shape index (κ2) is 26.4. The van der Waals surface area contributed by atoms with E-state index < -0.39 is 15.6 Å². The molecule has 0 heterocycles. The zero-order valence-electron chi connectivity index (χ0n) is 22.3. The highest BCUT2D eigenvalue weighted by Gasteiger charge is 2.25. The molecule has 0 aliphatic carbocycles. The van der Waals surface area contributed by atoms with Crippen molar-refractivity contribution in [2.75, 3.05) is 6.61 Å². The molecule has 0 amide bonds. The average molecular weight is 496 g/mol. The highest BCUT2D eigenvalue weighted by atomic mass is 32.2. The number of hydrogen-bond acceptors (Lipinski definition) is 4. The van der Waals surface area contributed by atoms with Crippen LogP contribution in [0.1, 0.15) is 162 Å². The highest BCUT2D eigenvalue weighted by Crippen LogP contribution is 2.17. The SMILES string of the molecule is CCCCCCCCCCCCCCCCOS(=O)(=O)C(F)CCCCCCCCCC.N. The van der Waals surface area contributed by atoms with Gasteiger partial charge in [-0.15, -0.1) is 0 Å². The Hall–Kier alpha value is -0.200. The topological polar surface area (TPSA) is 78.4 Å². The fourth-order valence-electron chi connectivity index (χ4n) is 4.13. The molecule has 33 heavy (non-hydrogen) atoms. The minimum Gasteiger partial charge on any atom is -0.344 e. The first-order chi connectivity index (χ1) is 15.5. The fraction of sp³-hybridized carbons (Fsp3) is 1.00. The molecule has 202 valence electrons. The van der Waals surface area contributed by atoms with E-state index in [2.05, 4.69) is 13.8 Å². The molecule has 1 unspecified atom stereocenters. The van der Waals surface area contributed by atoms with Gasteiger partial charge < -0.3 is 6.15 Å². The van der Waals surface area contributed by atoms with Crippen LogP contribution in [-0.2, 0) is 14.3 Å². The van der Waals surface area contributed by atoms with Crippen molar-refractivity contribution in [2.45, 2.75) is 167 Å². The van der Waals surface area contributed by atoms with Gasteiger partial charge in [0.05, 0.1) is 6.61 Å². The van der Waals surface area contributed by atoms with E-state index in [-0.39, 0.29) is 19.2 Å². The quantitative estimate of drug-likeness (QED) is 0.0956. The van der Waals surface area contributed by atoms with Crippen molar-refractivity contribution in [1.29, 1.82) is 0 Å². The molecule has 0 fully saturated rings. The molecule has 0 spiro atoms. The minimum atomic E-state index is -4.05. The van der Waals surface area contributed by atoms with Crippen molar-refractivity contribution in [1.82, 2.24) is 6.15 Å². The normalized spacial score (nSPS) is 12.6. The van der Waals surface area contributed by atoms with E-state index in [1.54, 1.807) is 0 Å². The first-order valence-corrected chi connectivity index (χ1v) is 15.5. The van der Waals surface area contributed by atoms with Crippen LogP contribution in [0.25, 0.3) is 0 Å². The van der Waals surface area contributed by atoms with Crippen LogP contribution in [0.15, 0.2) is 0 Å². The van der Waals surface area contributed by atoms with Crippen LogP contribution in [-0.4, -0.2) is 20.5 Å². The summed E-state index contributed by atoms with van der Waals surface area (Å²) >= 11 is 0. The summed E-state index contributed by atoms with van der Waals surface area (Å²) in [5.41, 5.74) is -1.87. The van der Waals surface area contributed by atoms with Crippen LogP contribution in [0.4, 0.5) is 4.39 Å². The van der Waals surface area contributed by atoms with E-state index in [4.69, 9.17) is 4.18 Å². The summed E-state index contributed by atoms with van der Waals surface area (Å²) in [4.78, 5) is 0. The summed E-state index contributed by atoms with van der Waals surface area (Å²) in [5, 5.41) is 0. The summed E-state index contributed by atoms with van der Waals surface area (Å²) in [5.74, 6) is 0. The molecule has 0 saturated heterocycles. The number of hydrogen-bond donors (Lipinski definition) is 1. The average Bonchev–Trinajstić information content (AvgIpc) is 2.78. The van der Waals surface area contributed by atoms with E-state index >= 15 is 0 Å². The molecule has 1 atom stereocenters. The maximum Gasteiger partial charge on any atom is 0.299 e. The van der Waals surface area contributed by atoms with Crippen molar-refractivity contribution in [3.8, 4) is 0 Å². The Morgan fingerprint density at radius 2 is 0.848 bits per heavy atom. The molecule has 4 nitrogen and oxygen atoms in total. The lowest BCUT2D eigenvalue weighted by Crippen LogP contribution is -2.19. The Kier molecular flexibility index (Phi) is 28.0. The predicted molar refractivity (Wildman–Crippen MR) is 142 cm³/mol. The van der Waals surface area contributed by atoms with Gasteiger partial charge in [-0.25, -0.2) is 4.39 Å². The number of halogens is 1. The first-order valence-electron chi connectivity index (χ1n) is 14.1. The zero-order valence-corrected chi connectivity index (χ0v) is 23.1. The summed E-state index contributed by atoms with van der Waals surface area (Å²) in [7, 11) is -4.05. The molecule has 0 aromatic heterocycles. The summed E-state index contributed by atoms with van der Waals surface area (Å²) in [6, 6.07) is 0. The van der Waals surface area contributed by atoms with Crippen molar-refractivity contribution in [3.05, 3.63) is 0 Å². The van der Waals surface area contributed by atoms with Crippen molar-refractivity contribution < 1.29 is 17.0 Å². The van der Waals surface area contributed by atoms with E-state index in [1.165, 1.54) is 103 Å². The van der Waals surface area contributed by atoms with Crippen LogP contribution in [0.3, 0.4) is 0 Å². The van der Waals surface area contributed by atoms with Crippen molar-refractivity contribution >= 4 is 10.1 Å². The predicted octanol–water partition coefficient (Wildman–Crippen LogP) is 9.80. The Bertz CT molecular complexity index is 474. The smallest absolute Gasteiger partial charge is 0.299 e. The van der Waals surface area contributed by atoms with Gasteiger partial charge in [-0.2, -0.15) is 8.42 Å².